The van der Waals surface area contributed by atoms with E-state index in [1.807, 2.05) is 20.1 Å². The highest BCUT2D eigenvalue weighted by Gasteiger charge is 2.42. The standard InChI is InChI=1S/C63H98N18O13S/c1-37(2)33-45(57(89)74-41(53(68)85)27-32-95-3)73-52(84)36-72-54(86)46(34-38-15-6-4-7-16-38)78-58(90)47(35-39-17-8-5-9-18-39)79-56(88)42(23-25-50(66)82)75-55(87)43(24-26-51(67)83)76-59(91)49-22-14-31-81(49)62(94)44(20-10-11-28-64)77-60(92)48-21-13-30-80(48)61(93)40(65)19-12-29-71-63(69)70/h4-9,15-18,37,40-49H,10-14,19-36,64-65H2,1-3H3,(H2,66,82)(H2,67,83)(H2,68,85)(H,72,86)(H,73,84)(H,74,89)(H,75,87)(H,76,91)(H,77,92)(H,78,90)(H,79,88)(H4,69,70,71)/t40-,41-,42+,43-,44+,45-,46+,47+,48+,49+/m0/s1. The first kappa shape index (κ1) is 78.5. The normalized spacial score (nSPS) is 16.8. The van der Waals surface area contributed by atoms with E-state index >= 15 is 0 Å². The molecule has 524 valence electrons. The molecule has 2 aliphatic heterocycles. The maximum Gasteiger partial charge on any atom is 0.245 e. The molecule has 22 N–H and O–H groups in total. The summed E-state index contributed by atoms with van der Waals surface area (Å²) >= 11 is 1.45. The summed E-state index contributed by atoms with van der Waals surface area (Å²) in [5, 5.41) is 21.1. The SMILES string of the molecule is CSCC[C@H](NC(=O)[C@H](CC(C)C)NC(=O)CNC(=O)[C@@H](Cc1ccccc1)NC(=O)[C@@H](Cc1ccccc1)NC(=O)[C@@H](CCC(N)=O)NC(=O)[C@H](CCC(N)=O)NC(=O)[C@H]1CCCN1C(=O)[C@@H](CCCCN)NC(=O)[C@H]1CCCN1C(=O)[C@@H](N)CCCN=C(N)N)C(N)=O. The second kappa shape index (κ2) is 41.0. The summed E-state index contributed by atoms with van der Waals surface area (Å²) < 4.78 is 0. The van der Waals surface area contributed by atoms with E-state index in [-0.39, 0.29) is 83.0 Å². The summed E-state index contributed by atoms with van der Waals surface area (Å²) in [5.41, 5.74) is 40.6. The summed E-state index contributed by atoms with van der Waals surface area (Å²) in [4.78, 5) is 185. The molecule has 2 aromatic carbocycles. The van der Waals surface area contributed by atoms with Crippen LogP contribution in [0.4, 0.5) is 0 Å². The Kier molecular flexibility index (Phi) is 33.9. The van der Waals surface area contributed by atoms with Crippen molar-refractivity contribution in [3.63, 3.8) is 0 Å². The van der Waals surface area contributed by atoms with Crippen molar-refractivity contribution in [3.05, 3.63) is 71.8 Å². The Morgan fingerprint density at radius 3 is 1.51 bits per heavy atom. The van der Waals surface area contributed by atoms with Gasteiger partial charge in [0, 0.05) is 45.3 Å². The molecule has 0 spiro atoms. The third-order valence-electron chi connectivity index (χ3n) is 16.0. The summed E-state index contributed by atoms with van der Waals surface area (Å²) in [7, 11) is 0. The predicted octanol–water partition coefficient (Wildman–Crippen LogP) is -3.71. The van der Waals surface area contributed by atoms with E-state index in [2.05, 4.69) is 47.5 Å². The summed E-state index contributed by atoms with van der Waals surface area (Å²) in [6.07, 6.45) is 3.12. The number of primary amides is 3. The number of carbonyl (C=O) groups is 13. The highest BCUT2D eigenvalue weighted by molar-refractivity contribution is 7.98. The molecule has 31 nitrogen and oxygen atoms in total. The van der Waals surface area contributed by atoms with Gasteiger partial charge in [0.2, 0.25) is 76.8 Å². The van der Waals surface area contributed by atoms with Crippen LogP contribution in [0.5, 0.6) is 0 Å². The second-order valence-electron chi connectivity index (χ2n) is 24.1. The highest BCUT2D eigenvalue weighted by atomic mass is 32.2. The van der Waals surface area contributed by atoms with Gasteiger partial charge in [-0.1, -0.05) is 74.5 Å². The van der Waals surface area contributed by atoms with E-state index in [9.17, 15) is 62.3 Å². The van der Waals surface area contributed by atoms with Gasteiger partial charge >= 0.3 is 0 Å². The van der Waals surface area contributed by atoms with Gasteiger partial charge in [-0.3, -0.25) is 67.3 Å². The van der Waals surface area contributed by atoms with Crippen LogP contribution in [0, 0.1) is 5.92 Å². The molecule has 2 aliphatic rings. The van der Waals surface area contributed by atoms with E-state index in [1.54, 1.807) is 60.7 Å². The first-order valence-corrected chi connectivity index (χ1v) is 33.6. The van der Waals surface area contributed by atoms with Crippen molar-refractivity contribution < 1.29 is 62.3 Å². The lowest BCUT2D eigenvalue weighted by Crippen LogP contribution is -2.60. The monoisotopic (exact) mass is 1350 g/mol. The number of unbranched alkanes of at least 4 members (excludes halogenated alkanes) is 1. The number of aliphatic imine (C=N–C) groups is 1. The highest BCUT2D eigenvalue weighted by Crippen LogP contribution is 2.24. The molecule has 95 heavy (non-hydrogen) atoms. The van der Waals surface area contributed by atoms with Gasteiger partial charge in [-0.25, -0.2) is 0 Å². The maximum atomic E-state index is 14.7. The van der Waals surface area contributed by atoms with Crippen LogP contribution in [0.1, 0.15) is 121 Å². The zero-order valence-electron chi connectivity index (χ0n) is 54.5. The van der Waals surface area contributed by atoms with Gasteiger partial charge in [0.1, 0.15) is 54.4 Å². The number of nitrogens with zero attached hydrogens (tertiary/aromatic N) is 3. The van der Waals surface area contributed by atoms with Crippen molar-refractivity contribution in [3.8, 4) is 0 Å². The molecule has 2 fully saturated rings. The van der Waals surface area contributed by atoms with Crippen LogP contribution in [0.15, 0.2) is 65.7 Å². The van der Waals surface area contributed by atoms with E-state index in [0.29, 0.717) is 55.4 Å². The zero-order valence-corrected chi connectivity index (χ0v) is 55.3. The quantitative estimate of drug-likeness (QED) is 0.0173. The van der Waals surface area contributed by atoms with Crippen LogP contribution < -0.4 is 82.7 Å². The third kappa shape index (κ3) is 27.5. The van der Waals surface area contributed by atoms with Crippen molar-refractivity contribution in [2.75, 3.05) is 44.7 Å². The largest absolute Gasteiger partial charge is 0.370 e. The van der Waals surface area contributed by atoms with E-state index in [1.165, 1.54) is 21.6 Å². The van der Waals surface area contributed by atoms with Crippen LogP contribution >= 0.6 is 11.8 Å². The fourth-order valence-corrected chi connectivity index (χ4v) is 11.5. The van der Waals surface area contributed by atoms with Crippen LogP contribution in [0.2, 0.25) is 0 Å². The van der Waals surface area contributed by atoms with Gasteiger partial charge in [0.05, 0.1) is 12.6 Å². The third-order valence-corrected chi connectivity index (χ3v) is 16.7. The number of nitrogens with two attached hydrogens (primary N) is 7. The van der Waals surface area contributed by atoms with Crippen molar-refractivity contribution in [2.45, 2.75) is 183 Å². The Balaban J connectivity index is 1.56. The number of thioether (sulfide) groups is 1. The Morgan fingerprint density at radius 2 is 1.01 bits per heavy atom. The van der Waals surface area contributed by atoms with Crippen LogP contribution in [0.25, 0.3) is 0 Å². The average molecular weight is 1350 g/mol. The number of hydrogen-bond donors (Lipinski definition) is 15. The van der Waals surface area contributed by atoms with E-state index < -0.39 is 169 Å². The van der Waals surface area contributed by atoms with Gasteiger partial charge in [-0.2, -0.15) is 11.8 Å². The number of amides is 13. The Morgan fingerprint density at radius 1 is 0.537 bits per heavy atom. The van der Waals surface area contributed by atoms with Crippen LogP contribution in [-0.4, -0.2) is 198 Å². The van der Waals surface area contributed by atoms with Gasteiger partial charge < -0.3 is 92.5 Å². The molecule has 13 amide bonds. The molecule has 0 aromatic heterocycles. The number of benzene rings is 2. The van der Waals surface area contributed by atoms with Gasteiger partial charge in [-0.05, 0) is 119 Å². The fourth-order valence-electron chi connectivity index (χ4n) is 11.0. The minimum Gasteiger partial charge on any atom is -0.370 e. The van der Waals surface area contributed by atoms with Crippen LogP contribution in [-0.2, 0) is 75.2 Å². The number of rotatable bonds is 42. The minimum absolute atomic E-state index is 0.0736. The van der Waals surface area contributed by atoms with Gasteiger partial charge in [-0.15, -0.1) is 0 Å². The van der Waals surface area contributed by atoms with Gasteiger partial charge in [0.15, 0.2) is 5.96 Å². The lowest BCUT2D eigenvalue weighted by Gasteiger charge is -2.32. The molecule has 4 rings (SSSR count). The van der Waals surface area contributed by atoms with E-state index in [4.69, 9.17) is 40.1 Å². The number of likely N-dealkylation sites (tertiary alicyclic amines) is 2. The number of carbonyl (C=O) groups excluding carboxylic acids is 13. The first-order chi connectivity index (χ1) is 45.2. The fraction of sp³-hybridized carbons (Fsp3) is 0.587. The van der Waals surface area contributed by atoms with Crippen LogP contribution in [0.3, 0.4) is 0 Å². The average Bonchev–Trinajstić information content (AvgIpc) is 1.74. The Bertz CT molecular complexity index is 2960. The second-order valence-corrected chi connectivity index (χ2v) is 25.1. The molecule has 2 saturated heterocycles. The molecule has 0 aliphatic carbocycles. The minimum atomic E-state index is -1.64. The summed E-state index contributed by atoms with van der Waals surface area (Å²) in [5.74, 6) is -9.80. The molecular formula is C63H98N18O13S. The van der Waals surface area contributed by atoms with Crippen molar-refractivity contribution >= 4 is 94.5 Å². The number of nitrogens with one attached hydrogen (secondary N) is 8. The van der Waals surface area contributed by atoms with Crippen molar-refractivity contribution in [2.24, 2.45) is 51.0 Å². The molecule has 2 aromatic rings. The predicted molar refractivity (Wildman–Crippen MR) is 356 cm³/mol. The molecule has 10 atom stereocenters. The molecule has 0 radical (unpaired) electrons. The summed E-state index contributed by atoms with van der Waals surface area (Å²) in [6, 6.07) is 4.51. The molecular weight excluding hydrogens is 1250 g/mol. The topological polar surface area (TPSA) is 519 Å². The smallest absolute Gasteiger partial charge is 0.245 e. The Hall–Kier alpha value is -8.91. The number of guanidine groups is 1. The molecule has 0 unspecified atom stereocenters. The summed E-state index contributed by atoms with van der Waals surface area (Å²) in [6.45, 7) is 3.86. The molecule has 0 saturated carbocycles. The lowest BCUT2D eigenvalue weighted by molar-refractivity contribution is -0.144. The van der Waals surface area contributed by atoms with E-state index in [0.717, 1.165) is 0 Å². The molecule has 2 heterocycles. The van der Waals surface area contributed by atoms with Crippen molar-refractivity contribution in [1.29, 1.82) is 0 Å². The molecule has 32 heteroatoms. The lowest BCUT2D eigenvalue weighted by atomic mass is 10.0. The van der Waals surface area contributed by atoms with Crippen molar-refractivity contribution in [1.82, 2.24) is 52.3 Å². The number of hydrogen-bond acceptors (Lipinski definition) is 17. The van der Waals surface area contributed by atoms with Gasteiger partial charge in [0.25, 0.3) is 0 Å². The zero-order chi connectivity index (χ0) is 70.1. The molecule has 0 bridgehead atoms. The Labute approximate surface area is 558 Å². The maximum absolute atomic E-state index is 14.7. The first-order valence-electron chi connectivity index (χ1n) is 32.2.